The minimum atomic E-state index is -0.405. The van der Waals surface area contributed by atoms with Gasteiger partial charge in [0, 0.05) is 6.20 Å². The topological polar surface area (TPSA) is 84.3 Å². The lowest BCUT2D eigenvalue weighted by Gasteiger charge is -2.11. The van der Waals surface area contributed by atoms with Crippen molar-refractivity contribution in [2.45, 2.75) is 38.6 Å². The molecule has 1 aliphatic rings. The maximum absolute atomic E-state index is 11.8. The molecule has 2 N–H and O–H groups in total. The maximum Gasteiger partial charge on any atom is 0.254 e. The van der Waals surface area contributed by atoms with E-state index in [0.717, 1.165) is 12.8 Å². The van der Waals surface area contributed by atoms with Gasteiger partial charge in [-0.05, 0) is 25.8 Å². The predicted molar refractivity (Wildman–Crippen MR) is 60.2 cm³/mol. The van der Waals surface area contributed by atoms with E-state index in [-0.39, 0.29) is 24.4 Å². The first-order valence-electron chi connectivity index (χ1n) is 5.58. The first kappa shape index (κ1) is 11.9. The molecule has 0 radical (unpaired) electrons. The van der Waals surface area contributed by atoms with Crippen molar-refractivity contribution in [3.63, 3.8) is 0 Å². The number of aliphatic hydroxyl groups is 1. The third kappa shape index (κ3) is 2.98. The monoisotopic (exact) mass is 237 g/mol. The van der Waals surface area contributed by atoms with Gasteiger partial charge in [-0.2, -0.15) is 0 Å². The first-order chi connectivity index (χ1) is 8.19. The molecule has 1 aromatic rings. The van der Waals surface area contributed by atoms with Crippen LogP contribution in [0.15, 0.2) is 12.3 Å². The molecule has 6 nitrogen and oxygen atoms in total. The molecule has 6 heteroatoms. The number of ether oxygens (including phenoxy) is 1. The van der Waals surface area contributed by atoms with Crippen LogP contribution >= 0.6 is 0 Å². The molecule has 1 amide bonds. The maximum atomic E-state index is 11.8. The van der Waals surface area contributed by atoms with Crippen LogP contribution < -0.4 is 5.32 Å². The highest BCUT2D eigenvalue weighted by Gasteiger charge is 2.28. The molecule has 2 unspecified atom stereocenters. The van der Waals surface area contributed by atoms with E-state index >= 15 is 0 Å². The number of aliphatic hydroxyl groups excluding tert-OH is 1. The van der Waals surface area contributed by atoms with Gasteiger partial charge in [-0.15, -0.1) is 0 Å². The molecule has 1 aliphatic heterocycles. The molecule has 1 fully saturated rings. The Labute approximate surface area is 99.0 Å². The Morgan fingerprint density at radius 2 is 2.47 bits per heavy atom. The van der Waals surface area contributed by atoms with E-state index in [4.69, 9.17) is 9.84 Å². The van der Waals surface area contributed by atoms with Gasteiger partial charge in [-0.25, -0.2) is 9.97 Å². The van der Waals surface area contributed by atoms with Gasteiger partial charge in [0.15, 0.2) is 5.82 Å². The number of rotatable bonds is 3. The van der Waals surface area contributed by atoms with Crippen LogP contribution in [0.4, 0.5) is 5.82 Å². The number of carbonyl (C=O) groups is 1. The van der Waals surface area contributed by atoms with Crippen molar-refractivity contribution in [2.75, 3.05) is 5.32 Å². The van der Waals surface area contributed by atoms with Gasteiger partial charge in [0.1, 0.15) is 18.5 Å². The van der Waals surface area contributed by atoms with Crippen molar-refractivity contribution in [3.05, 3.63) is 18.1 Å². The number of anilines is 1. The fourth-order valence-electron chi connectivity index (χ4n) is 1.75. The van der Waals surface area contributed by atoms with E-state index in [1.165, 1.54) is 6.20 Å². The lowest BCUT2D eigenvalue weighted by Crippen LogP contribution is -2.28. The minimum absolute atomic E-state index is 0.129. The smallest absolute Gasteiger partial charge is 0.254 e. The predicted octanol–water partition coefficient (Wildman–Crippen LogP) is 0.475. The average molecular weight is 237 g/mol. The number of nitrogens with zero attached hydrogens (tertiary/aromatic N) is 2. The molecule has 2 heterocycles. The van der Waals surface area contributed by atoms with Gasteiger partial charge in [0.2, 0.25) is 0 Å². The lowest BCUT2D eigenvalue weighted by molar-refractivity contribution is -0.126. The number of hydrogen-bond donors (Lipinski definition) is 2. The zero-order chi connectivity index (χ0) is 12.3. The second-order valence-electron chi connectivity index (χ2n) is 4.02. The molecule has 0 saturated carbocycles. The molecule has 2 atom stereocenters. The normalized spacial score (nSPS) is 23.6. The minimum Gasteiger partial charge on any atom is -0.388 e. The van der Waals surface area contributed by atoms with Crippen molar-refractivity contribution < 1.29 is 14.6 Å². The second kappa shape index (κ2) is 5.20. The van der Waals surface area contributed by atoms with Gasteiger partial charge in [-0.1, -0.05) is 0 Å². The van der Waals surface area contributed by atoms with E-state index in [1.807, 2.05) is 6.92 Å². The molecule has 92 valence electrons. The summed E-state index contributed by atoms with van der Waals surface area (Å²) in [5.41, 5.74) is 0. The highest BCUT2D eigenvalue weighted by Crippen LogP contribution is 2.20. The van der Waals surface area contributed by atoms with Gasteiger partial charge >= 0.3 is 0 Å². The van der Waals surface area contributed by atoms with Crippen LogP contribution in [0.2, 0.25) is 0 Å². The summed E-state index contributed by atoms with van der Waals surface area (Å²) in [6.07, 6.45) is 2.84. The molecule has 0 bridgehead atoms. The van der Waals surface area contributed by atoms with Gasteiger partial charge in [0.05, 0.1) is 6.10 Å². The third-order valence-electron chi connectivity index (χ3n) is 2.62. The summed E-state index contributed by atoms with van der Waals surface area (Å²) >= 11 is 0. The van der Waals surface area contributed by atoms with Crippen molar-refractivity contribution in [1.29, 1.82) is 0 Å². The molecule has 0 aromatic carbocycles. The highest BCUT2D eigenvalue weighted by atomic mass is 16.5. The van der Waals surface area contributed by atoms with E-state index in [1.54, 1.807) is 6.07 Å². The van der Waals surface area contributed by atoms with E-state index in [2.05, 4.69) is 15.3 Å². The van der Waals surface area contributed by atoms with Crippen LogP contribution in [0.25, 0.3) is 0 Å². The lowest BCUT2D eigenvalue weighted by atomic mass is 10.2. The Morgan fingerprint density at radius 1 is 1.65 bits per heavy atom. The van der Waals surface area contributed by atoms with E-state index < -0.39 is 6.10 Å². The van der Waals surface area contributed by atoms with Crippen molar-refractivity contribution in [1.82, 2.24) is 9.97 Å². The summed E-state index contributed by atoms with van der Waals surface area (Å²) in [7, 11) is 0. The van der Waals surface area contributed by atoms with Gasteiger partial charge in [-0.3, -0.25) is 4.79 Å². The molecule has 1 saturated heterocycles. The standard InChI is InChI=1S/C11H15N3O3/c1-7-2-3-8(17-7)11(16)14-9-4-5-12-10(6-15)13-9/h4-5,7-8,15H,2-3,6H2,1H3,(H,12,13,14,16). The number of aromatic nitrogens is 2. The Bertz CT molecular complexity index is 411. The van der Waals surface area contributed by atoms with Crippen LogP contribution in [-0.4, -0.2) is 33.2 Å². The third-order valence-corrected chi connectivity index (χ3v) is 2.62. The number of carbonyl (C=O) groups excluding carboxylic acids is 1. The summed E-state index contributed by atoms with van der Waals surface area (Å²) in [6.45, 7) is 1.70. The SMILES string of the molecule is CC1CCC(C(=O)Nc2ccnc(CO)n2)O1. The Kier molecular flexibility index (Phi) is 3.65. The number of hydrogen-bond acceptors (Lipinski definition) is 5. The van der Waals surface area contributed by atoms with Crippen molar-refractivity contribution in [3.8, 4) is 0 Å². The fraction of sp³-hybridized carbons (Fsp3) is 0.545. The molecular formula is C11H15N3O3. The highest BCUT2D eigenvalue weighted by molar-refractivity contribution is 5.93. The number of amides is 1. The van der Waals surface area contributed by atoms with Crippen molar-refractivity contribution >= 4 is 11.7 Å². The zero-order valence-electron chi connectivity index (χ0n) is 9.59. The zero-order valence-corrected chi connectivity index (χ0v) is 9.59. The summed E-state index contributed by atoms with van der Waals surface area (Å²) in [5.74, 6) is 0.470. The number of nitrogens with one attached hydrogen (secondary N) is 1. The van der Waals surface area contributed by atoms with E-state index in [9.17, 15) is 4.79 Å². The summed E-state index contributed by atoms with van der Waals surface area (Å²) in [5, 5.41) is 11.5. The van der Waals surface area contributed by atoms with Gasteiger partial charge in [0.25, 0.3) is 5.91 Å². The molecule has 0 spiro atoms. The Hall–Kier alpha value is -1.53. The molecule has 17 heavy (non-hydrogen) atoms. The van der Waals surface area contributed by atoms with Crippen LogP contribution in [0, 0.1) is 0 Å². The molecular weight excluding hydrogens is 222 g/mol. The van der Waals surface area contributed by atoms with Crippen molar-refractivity contribution in [2.24, 2.45) is 0 Å². The van der Waals surface area contributed by atoms with Crippen LogP contribution in [0.5, 0.6) is 0 Å². The van der Waals surface area contributed by atoms with Crippen LogP contribution in [0.1, 0.15) is 25.6 Å². The second-order valence-corrected chi connectivity index (χ2v) is 4.02. The average Bonchev–Trinajstić information content (AvgIpc) is 2.76. The molecule has 1 aromatic heterocycles. The van der Waals surface area contributed by atoms with E-state index in [0.29, 0.717) is 5.82 Å². The largest absolute Gasteiger partial charge is 0.388 e. The summed E-state index contributed by atoms with van der Waals surface area (Å²) in [6, 6.07) is 1.58. The van der Waals surface area contributed by atoms with Gasteiger partial charge < -0.3 is 15.2 Å². The Morgan fingerprint density at radius 3 is 3.12 bits per heavy atom. The van der Waals surface area contributed by atoms with Crippen LogP contribution in [0.3, 0.4) is 0 Å². The first-order valence-corrected chi connectivity index (χ1v) is 5.58. The molecule has 2 rings (SSSR count). The Balaban J connectivity index is 1.98. The van der Waals surface area contributed by atoms with Crippen LogP contribution in [-0.2, 0) is 16.1 Å². The molecule has 0 aliphatic carbocycles. The quantitative estimate of drug-likeness (QED) is 0.798. The fourth-order valence-corrected chi connectivity index (χ4v) is 1.75. The summed E-state index contributed by atoms with van der Waals surface area (Å²) < 4.78 is 5.45. The summed E-state index contributed by atoms with van der Waals surface area (Å²) in [4.78, 5) is 19.6.